The average Bonchev–Trinajstić information content (AvgIpc) is 2.78. The molecule has 3 heteroatoms. The van der Waals surface area contributed by atoms with E-state index in [1.54, 1.807) is 0 Å². The lowest BCUT2D eigenvalue weighted by atomic mass is 9.85. The summed E-state index contributed by atoms with van der Waals surface area (Å²) >= 11 is 5.77. The molecule has 1 aromatic heterocycles. The highest BCUT2D eigenvalue weighted by molar-refractivity contribution is 6.17. The number of hydrogen-bond acceptors (Lipinski definition) is 1. The van der Waals surface area contributed by atoms with Gasteiger partial charge >= 0.3 is 0 Å². The average molecular weight is 227 g/mol. The van der Waals surface area contributed by atoms with E-state index in [9.17, 15) is 0 Å². The van der Waals surface area contributed by atoms with Crippen LogP contribution < -0.4 is 0 Å². The first-order valence-electron chi connectivity index (χ1n) is 5.92. The van der Waals surface area contributed by atoms with Crippen molar-refractivity contribution in [3.05, 3.63) is 18.0 Å². The molecule has 0 aromatic carbocycles. The van der Waals surface area contributed by atoms with E-state index in [1.165, 1.54) is 32.1 Å². The summed E-state index contributed by atoms with van der Waals surface area (Å²) in [7, 11) is 0. The monoisotopic (exact) mass is 226 g/mol. The van der Waals surface area contributed by atoms with Crippen LogP contribution in [0.5, 0.6) is 0 Å². The molecule has 0 atom stereocenters. The molecule has 0 bridgehead atoms. The molecule has 2 nitrogen and oxygen atoms in total. The van der Waals surface area contributed by atoms with Crippen LogP contribution >= 0.6 is 11.6 Å². The number of alkyl halides is 1. The summed E-state index contributed by atoms with van der Waals surface area (Å²) in [5.74, 6) is 1.52. The Bertz CT molecular complexity index is 300. The third kappa shape index (κ3) is 2.54. The van der Waals surface area contributed by atoms with Crippen molar-refractivity contribution in [1.29, 1.82) is 0 Å². The van der Waals surface area contributed by atoms with Crippen molar-refractivity contribution in [3.8, 4) is 0 Å². The molecule has 1 aromatic rings. The van der Waals surface area contributed by atoms with Gasteiger partial charge in [0.05, 0.1) is 18.1 Å². The molecule has 15 heavy (non-hydrogen) atoms. The van der Waals surface area contributed by atoms with Gasteiger partial charge in [-0.1, -0.05) is 13.3 Å². The van der Waals surface area contributed by atoms with E-state index in [1.807, 2.05) is 6.20 Å². The van der Waals surface area contributed by atoms with Crippen LogP contribution in [0.2, 0.25) is 0 Å². The topological polar surface area (TPSA) is 17.8 Å². The summed E-state index contributed by atoms with van der Waals surface area (Å²) in [5, 5.41) is 4.39. The van der Waals surface area contributed by atoms with Crippen LogP contribution in [0.15, 0.2) is 12.4 Å². The van der Waals surface area contributed by atoms with E-state index < -0.39 is 0 Å². The van der Waals surface area contributed by atoms with E-state index in [-0.39, 0.29) is 0 Å². The van der Waals surface area contributed by atoms with Crippen molar-refractivity contribution < 1.29 is 0 Å². The van der Waals surface area contributed by atoms with Crippen molar-refractivity contribution in [2.75, 3.05) is 0 Å². The maximum atomic E-state index is 5.77. The zero-order valence-corrected chi connectivity index (χ0v) is 10.1. The molecular formula is C12H19ClN2. The minimum atomic E-state index is 0.574. The van der Waals surface area contributed by atoms with Crippen LogP contribution in [0.3, 0.4) is 0 Å². The first kappa shape index (κ1) is 11.0. The van der Waals surface area contributed by atoms with Crippen molar-refractivity contribution in [2.45, 2.75) is 50.9 Å². The molecule has 0 radical (unpaired) electrons. The van der Waals surface area contributed by atoms with Crippen LogP contribution in [0.25, 0.3) is 0 Å². The lowest BCUT2D eigenvalue weighted by Crippen LogP contribution is -2.18. The van der Waals surface area contributed by atoms with Crippen LogP contribution in [0.4, 0.5) is 0 Å². The molecule has 0 spiro atoms. The molecule has 84 valence electrons. The van der Waals surface area contributed by atoms with Gasteiger partial charge in [-0.05, 0) is 31.6 Å². The second kappa shape index (κ2) is 5.02. The van der Waals surface area contributed by atoms with Gasteiger partial charge in [-0.3, -0.25) is 4.68 Å². The van der Waals surface area contributed by atoms with Crippen molar-refractivity contribution in [2.24, 2.45) is 5.92 Å². The van der Waals surface area contributed by atoms with E-state index in [2.05, 4.69) is 22.9 Å². The Kier molecular flexibility index (Phi) is 3.68. The van der Waals surface area contributed by atoms with Gasteiger partial charge in [0.2, 0.25) is 0 Å². The fourth-order valence-corrected chi connectivity index (χ4v) is 2.60. The van der Waals surface area contributed by atoms with Crippen molar-refractivity contribution in [1.82, 2.24) is 9.78 Å². The first-order valence-corrected chi connectivity index (χ1v) is 6.46. The van der Waals surface area contributed by atoms with E-state index >= 15 is 0 Å². The largest absolute Gasteiger partial charge is 0.269 e. The smallest absolute Gasteiger partial charge is 0.0534 e. The molecule has 1 saturated carbocycles. The lowest BCUT2D eigenvalue weighted by Gasteiger charge is -2.27. The highest BCUT2D eigenvalue weighted by Gasteiger charge is 2.21. The third-order valence-corrected chi connectivity index (χ3v) is 3.89. The Morgan fingerprint density at radius 3 is 2.67 bits per heavy atom. The van der Waals surface area contributed by atoms with Crippen molar-refractivity contribution >= 4 is 11.6 Å². The maximum Gasteiger partial charge on any atom is 0.0534 e. The van der Waals surface area contributed by atoms with E-state index in [4.69, 9.17) is 11.6 Å². The lowest BCUT2D eigenvalue weighted by molar-refractivity contribution is 0.256. The predicted octanol–water partition coefficient (Wildman–Crippen LogP) is 3.76. The molecule has 1 aliphatic carbocycles. The van der Waals surface area contributed by atoms with Gasteiger partial charge in [-0.15, -0.1) is 11.6 Å². The number of halogens is 1. The van der Waals surface area contributed by atoms with Crippen LogP contribution in [0, 0.1) is 5.92 Å². The Labute approximate surface area is 96.6 Å². The standard InChI is InChI=1S/C12H19ClN2/c1-2-10-3-5-12(6-4-10)15-9-11(7-13)8-14-15/h8-10,12H,2-7H2,1H3. The fraction of sp³-hybridized carbons (Fsp3) is 0.750. The third-order valence-electron chi connectivity index (χ3n) is 3.58. The molecular weight excluding hydrogens is 208 g/mol. The summed E-state index contributed by atoms with van der Waals surface area (Å²) in [6, 6.07) is 0.616. The zero-order valence-electron chi connectivity index (χ0n) is 9.32. The van der Waals surface area contributed by atoms with Crippen LogP contribution in [0.1, 0.15) is 50.6 Å². The summed E-state index contributed by atoms with van der Waals surface area (Å²) < 4.78 is 2.11. The van der Waals surface area contributed by atoms with Gasteiger partial charge in [-0.25, -0.2) is 0 Å². The van der Waals surface area contributed by atoms with Crippen LogP contribution in [-0.2, 0) is 5.88 Å². The number of hydrogen-bond donors (Lipinski definition) is 0. The summed E-state index contributed by atoms with van der Waals surface area (Å²) in [6.45, 7) is 2.30. The van der Waals surface area contributed by atoms with Gasteiger partial charge in [-0.2, -0.15) is 5.10 Å². The fourth-order valence-electron chi connectivity index (χ4n) is 2.46. The number of rotatable bonds is 3. The van der Waals surface area contributed by atoms with Crippen LogP contribution in [-0.4, -0.2) is 9.78 Å². The first-order chi connectivity index (χ1) is 7.33. The van der Waals surface area contributed by atoms with Gasteiger partial charge in [0.15, 0.2) is 0 Å². The van der Waals surface area contributed by atoms with E-state index in [0.29, 0.717) is 11.9 Å². The Balaban J connectivity index is 1.95. The van der Waals surface area contributed by atoms with Gasteiger partial charge in [0, 0.05) is 11.8 Å². The molecule has 2 rings (SSSR count). The van der Waals surface area contributed by atoms with Gasteiger partial charge in [0.1, 0.15) is 0 Å². The highest BCUT2D eigenvalue weighted by Crippen LogP contribution is 2.33. The Hall–Kier alpha value is -0.500. The molecule has 1 aliphatic rings. The Morgan fingerprint density at radius 2 is 2.13 bits per heavy atom. The summed E-state index contributed by atoms with van der Waals surface area (Å²) in [5.41, 5.74) is 1.13. The van der Waals surface area contributed by atoms with Gasteiger partial charge in [0.25, 0.3) is 0 Å². The molecule has 0 saturated heterocycles. The van der Waals surface area contributed by atoms with Gasteiger partial charge < -0.3 is 0 Å². The normalized spacial score (nSPS) is 26.8. The molecule has 0 aliphatic heterocycles. The van der Waals surface area contributed by atoms with E-state index in [0.717, 1.165) is 11.5 Å². The molecule has 0 amide bonds. The zero-order chi connectivity index (χ0) is 10.7. The van der Waals surface area contributed by atoms with Crippen molar-refractivity contribution in [3.63, 3.8) is 0 Å². The highest BCUT2D eigenvalue weighted by atomic mass is 35.5. The maximum absolute atomic E-state index is 5.77. The minimum absolute atomic E-state index is 0.574. The predicted molar refractivity (Wildman–Crippen MR) is 63.1 cm³/mol. The second-order valence-corrected chi connectivity index (χ2v) is 4.81. The number of aromatic nitrogens is 2. The molecule has 1 heterocycles. The Morgan fingerprint density at radius 1 is 1.40 bits per heavy atom. The second-order valence-electron chi connectivity index (χ2n) is 4.55. The minimum Gasteiger partial charge on any atom is -0.269 e. The number of nitrogens with zero attached hydrogens (tertiary/aromatic N) is 2. The molecule has 1 fully saturated rings. The SMILES string of the molecule is CCC1CCC(n2cc(CCl)cn2)CC1. The molecule has 0 unspecified atom stereocenters. The summed E-state index contributed by atoms with van der Waals surface area (Å²) in [6.07, 6.45) is 10.6. The quantitative estimate of drug-likeness (QED) is 0.718. The summed E-state index contributed by atoms with van der Waals surface area (Å²) in [4.78, 5) is 0. The molecule has 0 N–H and O–H groups in total.